The van der Waals surface area contributed by atoms with Gasteiger partial charge >= 0.3 is 0 Å². The molecule has 0 aliphatic heterocycles. The van der Waals surface area contributed by atoms with Crippen molar-refractivity contribution in [2.45, 2.75) is 13.5 Å². The van der Waals surface area contributed by atoms with E-state index in [4.69, 9.17) is 9.47 Å². The zero-order chi connectivity index (χ0) is 16.1. The molecule has 0 fully saturated rings. The van der Waals surface area contributed by atoms with E-state index in [1.54, 1.807) is 51.0 Å². The van der Waals surface area contributed by atoms with Gasteiger partial charge in [0.1, 0.15) is 24.2 Å². The Bertz CT molecular complexity index is 615. The van der Waals surface area contributed by atoms with Gasteiger partial charge in [0.05, 0.1) is 14.2 Å². The van der Waals surface area contributed by atoms with Crippen LogP contribution in [0.1, 0.15) is 15.9 Å². The SMILES string of the molecule is COc1cc(C(=O)N(C)CCn2cnnc2)cc(OC)c1C. The van der Waals surface area contributed by atoms with Crippen LogP contribution in [0.2, 0.25) is 0 Å². The Hall–Kier alpha value is -2.57. The van der Waals surface area contributed by atoms with Crippen LogP contribution in [0.4, 0.5) is 0 Å². The molecular formula is C15H20N4O3. The van der Waals surface area contributed by atoms with Gasteiger partial charge in [-0.2, -0.15) is 0 Å². The molecule has 0 saturated carbocycles. The third kappa shape index (κ3) is 3.36. The van der Waals surface area contributed by atoms with Gasteiger partial charge in [-0.3, -0.25) is 4.79 Å². The summed E-state index contributed by atoms with van der Waals surface area (Å²) in [5.41, 5.74) is 1.40. The van der Waals surface area contributed by atoms with E-state index in [1.165, 1.54) is 0 Å². The maximum absolute atomic E-state index is 12.5. The number of aromatic nitrogens is 3. The number of carbonyl (C=O) groups excluding carboxylic acids is 1. The summed E-state index contributed by atoms with van der Waals surface area (Å²) in [6.07, 6.45) is 3.24. The molecule has 118 valence electrons. The molecule has 0 aliphatic rings. The van der Waals surface area contributed by atoms with E-state index in [0.717, 1.165) is 5.56 Å². The maximum Gasteiger partial charge on any atom is 0.253 e. The van der Waals surface area contributed by atoms with Crippen molar-refractivity contribution < 1.29 is 14.3 Å². The Morgan fingerprint density at radius 1 is 1.18 bits per heavy atom. The average Bonchev–Trinajstić information content (AvgIpc) is 3.05. The van der Waals surface area contributed by atoms with Crippen LogP contribution in [-0.4, -0.2) is 53.4 Å². The highest BCUT2D eigenvalue weighted by molar-refractivity contribution is 5.95. The molecule has 0 unspecified atom stereocenters. The topological polar surface area (TPSA) is 69.5 Å². The lowest BCUT2D eigenvalue weighted by molar-refractivity contribution is 0.0789. The van der Waals surface area contributed by atoms with Gasteiger partial charge < -0.3 is 18.9 Å². The van der Waals surface area contributed by atoms with Crippen molar-refractivity contribution in [3.8, 4) is 11.5 Å². The highest BCUT2D eigenvalue weighted by atomic mass is 16.5. The lowest BCUT2D eigenvalue weighted by atomic mass is 10.1. The number of carbonyl (C=O) groups is 1. The molecule has 0 radical (unpaired) electrons. The molecule has 7 nitrogen and oxygen atoms in total. The molecule has 0 aliphatic carbocycles. The number of amides is 1. The summed E-state index contributed by atoms with van der Waals surface area (Å²) in [6.45, 7) is 3.08. The van der Waals surface area contributed by atoms with Crippen LogP contribution in [0.25, 0.3) is 0 Å². The van der Waals surface area contributed by atoms with Crippen LogP contribution < -0.4 is 9.47 Å². The standard InChI is InChI=1S/C15H20N4O3/c1-11-13(21-3)7-12(8-14(11)22-4)15(20)18(2)5-6-19-9-16-17-10-19/h7-10H,5-6H2,1-4H3. The number of hydrogen-bond donors (Lipinski definition) is 0. The van der Waals surface area contributed by atoms with Crippen molar-refractivity contribution in [2.24, 2.45) is 0 Å². The summed E-state index contributed by atoms with van der Waals surface area (Å²) in [5.74, 6) is 1.18. The van der Waals surface area contributed by atoms with Crippen molar-refractivity contribution in [1.82, 2.24) is 19.7 Å². The Morgan fingerprint density at radius 2 is 1.73 bits per heavy atom. The molecule has 1 aromatic carbocycles. The largest absolute Gasteiger partial charge is 0.496 e. The lowest BCUT2D eigenvalue weighted by Crippen LogP contribution is -2.30. The van der Waals surface area contributed by atoms with Gasteiger partial charge in [0.15, 0.2) is 0 Å². The smallest absolute Gasteiger partial charge is 0.253 e. The summed E-state index contributed by atoms with van der Waals surface area (Å²) >= 11 is 0. The molecule has 0 spiro atoms. The van der Waals surface area contributed by atoms with Crippen LogP contribution in [0.5, 0.6) is 11.5 Å². The molecule has 1 heterocycles. The van der Waals surface area contributed by atoms with Crippen LogP contribution >= 0.6 is 0 Å². The summed E-state index contributed by atoms with van der Waals surface area (Å²) in [7, 11) is 4.91. The average molecular weight is 304 g/mol. The number of likely N-dealkylation sites (N-methyl/N-ethyl adjacent to an activating group) is 1. The van der Waals surface area contributed by atoms with Crippen LogP contribution in [0, 0.1) is 6.92 Å². The quantitative estimate of drug-likeness (QED) is 0.806. The minimum atomic E-state index is -0.0929. The monoisotopic (exact) mass is 304 g/mol. The van der Waals surface area contributed by atoms with Gasteiger partial charge in [0.2, 0.25) is 0 Å². The van der Waals surface area contributed by atoms with Gasteiger partial charge in [-0.1, -0.05) is 0 Å². The highest BCUT2D eigenvalue weighted by Gasteiger charge is 2.16. The number of benzene rings is 1. The predicted molar refractivity (Wildman–Crippen MR) is 81.3 cm³/mol. The van der Waals surface area contributed by atoms with Crippen LogP contribution in [0.3, 0.4) is 0 Å². The first kappa shape index (κ1) is 15.8. The van der Waals surface area contributed by atoms with E-state index in [1.807, 2.05) is 11.5 Å². The summed E-state index contributed by atoms with van der Waals surface area (Å²) < 4.78 is 12.4. The number of nitrogens with zero attached hydrogens (tertiary/aromatic N) is 4. The van der Waals surface area contributed by atoms with Crippen molar-refractivity contribution >= 4 is 5.91 Å². The molecule has 1 aromatic heterocycles. The summed E-state index contributed by atoms with van der Waals surface area (Å²) in [4.78, 5) is 14.2. The van der Waals surface area contributed by atoms with Crippen molar-refractivity contribution in [1.29, 1.82) is 0 Å². The first-order valence-corrected chi connectivity index (χ1v) is 6.87. The van der Waals surface area contributed by atoms with Crippen molar-refractivity contribution in [2.75, 3.05) is 27.8 Å². The molecule has 7 heteroatoms. The molecule has 22 heavy (non-hydrogen) atoms. The molecule has 0 N–H and O–H groups in total. The fourth-order valence-corrected chi connectivity index (χ4v) is 2.13. The fourth-order valence-electron chi connectivity index (χ4n) is 2.13. The van der Waals surface area contributed by atoms with E-state index in [9.17, 15) is 4.79 Å². The van der Waals surface area contributed by atoms with Crippen molar-refractivity contribution in [3.63, 3.8) is 0 Å². The molecule has 0 saturated heterocycles. The zero-order valence-electron chi connectivity index (χ0n) is 13.2. The second kappa shape index (κ2) is 6.93. The summed E-state index contributed by atoms with van der Waals surface area (Å²) in [5, 5.41) is 7.47. The molecular weight excluding hydrogens is 284 g/mol. The Kier molecular flexibility index (Phi) is 4.98. The lowest BCUT2D eigenvalue weighted by Gasteiger charge is -2.19. The van der Waals surface area contributed by atoms with E-state index in [0.29, 0.717) is 30.2 Å². The van der Waals surface area contributed by atoms with Crippen molar-refractivity contribution in [3.05, 3.63) is 35.9 Å². The van der Waals surface area contributed by atoms with Gasteiger partial charge in [0.25, 0.3) is 5.91 Å². The third-order valence-corrected chi connectivity index (χ3v) is 3.51. The number of hydrogen-bond acceptors (Lipinski definition) is 5. The summed E-state index contributed by atoms with van der Waals surface area (Å²) in [6, 6.07) is 3.46. The van der Waals surface area contributed by atoms with E-state index in [2.05, 4.69) is 10.2 Å². The Morgan fingerprint density at radius 3 is 2.23 bits per heavy atom. The van der Waals surface area contributed by atoms with Gasteiger partial charge in [-0.15, -0.1) is 10.2 Å². The van der Waals surface area contributed by atoms with Gasteiger partial charge in [0, 0.05) is 31.3 Å². The van der Waals surface area contributed by atoms with Gasteiger partial charge in [-0.25, -0.2) is 0 Å². The van der Waals surface area contributed by atoms with Crippen LogP contribution in [-0.2, 0) is 6.54 Å². The molecule has 0 bridgehead atoms. The normalized spacial score (nSPS) is 10.4. The van der Waals surface area contributed by atoms with E-state index < -0.39 is 0 Å². The molecule has 2 aromatic rings. The Balaban J connectivity index is 2.14. The number of ether oxygens (including phenoxy) is 2. The van der Waals surface area contributed by atoms with Crippen LogP contribution in [0.15, 0.2) is 24.8 Å². The first-order valence-electron chi connectivity index (χ1n) is 6.87. The third-order valence-electron chi connectivity index (χ3n) is 3.51. The minimum Gasteiger partial charge on any atom is -0.496 e. The second-order valence-corrected chi connectivity index (χ2v) is 4.93. The second-order valence-electron chi connectivity index (χ2n) is 4.93. The maximum atomic E-state index is 12.5. The minimum absolute atomic E-state index is 0.0929. The molecule has 1 amide bonds. The number of methoxy groups -OCH3 is 2. The predicted octanol–water partition coefficient (Wildman–Crippen LogP) is 1.38. The van der Waals surface area contributed by atoms with E-state index in [-0.39, 0.29) is 5.91 Å². The first-order chi connectivity index (χ1) is 10.6. The molecule has 2 rings (SSSR count). The van der Waals surface area contributed by atoms with Gasteiger partial charge in [-0.05, 0) is 19.1 Å². The van der Waals surface area contributed by atoms with E-state index >= 15 is 0 Å². The fraction of sp³-hybridized carbons (Fsp3) is 0.400. The highest BCUT2D eigenvalue weighted by Crippen LogP contribution is 2.29. The molecule has 0 atom stereocenters. The Labute approximate surface area is 129 Å². The number of rotatable bonds is 6. The zero-order valence-corrected chi connectivity index (χ0v) is 13.2.